The summed E-state index contributed by atoms with van der Waals surface area (Å²) in [6.45, 7) is 10.2. The minimum atomic E-state index is -1.01. The van der Waals surface area contributed by atoms with Crippen LogP contribution in [0.5, 0.6) is 0 Å². The maximum absolute atomic E-state index is 12.5. The van der Waals surface area contributed by atoms with Gasteiger partial charge < -0.3 is 15.3 Å². The van der Waals surface area contributed by atoms with Crippen molar-refractivity contribution in [3.05, 3.63) is 40.4 Å². The fraction of sp³-hybridized carbons (Fsp3) is 0.522. The number of nitrogens with one attached hydrogen (secondary N) is 1. The molecule has 1 aliphatic rings. The molecule has 1 atom stereocenters. The highest BCUT2D eigenvalue weighted by Gasteiger charge is 2.30. The first-order valence-corrected chi connectivity index (χ1v) is 12.6. The van der Waals surface area contributed by atoms with Gasteiger partial charge in [-0.2, -0.15) is 0 Å². The number of hydrogen-bond acceptors (Lipinski definition) is 6. The van der Waals surface area contributed by atoms with Gasteiger partial charge in [0.05, 0.1) is 0 Å². The lowest BCUT2D eigenvalue weighted by atomic mass is 9.92. The molecule has 0 aliphatic carbocycles. The molecule has 1 aromatic heterocycles. The molecule has 0 unspecified atom stereocenters. The van der Waals surface area contributed by atoms with E-state index < -0.39 is 5.97 Å². The first kappa shape index (κ1) is 23.6. The van der Waals surface area contributed by atoms with Crippen LogP contribution in [0.4, 0.5) is 5.69 Å². The number of hydrogen-bond donors (Lipinski definition) is 2. The molecule has 168 valence electrons. The molecule has 2 N–H and O–H groups in total. The molecular formula is C23H31N3O3S2. The zero-order valence-electron chi connectivity index (χ0n) is 18.6. The van der Waals surface area contributed by atoms with E-state index in [0.29, 0.717) is 30.6 Å². The predicted octanol–water partition coefficient (Wildman–Crippen LogP) is 5.28. The molecule has 31 heavy (non-hydrogen) atoms. The fourth-order valence-corrected chi connectivity index (χ4v) is 5.75. The van der Waals surface area contributed by atoms with Gasteiger partial charge in [0.25, 0.3) is 0 Å². The average Bonchev–Trinajstić information content (AvgIpc) is 3.33. The van der Waals surface area contributed by atoms with E-state index in [-0.39, 0.29) is 17.6 Å². The van der Waals surface area contributed by atoms with Gasteiger partial charge in [-0.05, 0) is 29.4 Å². The second-order valence-electron chi connectivity index (χ2n) is 8.43. The number of carbonyl (C=O) groups excluding carboxylic acids is 1. The molecule has 1 fully saturated rings. The summed E-state index contributed by atoms with van der Waals surface area (Å²) in [5.74, 6) is 0.737. The number of carbonyl (C=O) groups is 2. The van der Waals surface area contributed by atoms with E-state index in [9.17, 15) is 9.59 Å². The summed E-state index contributed by atoms with van der Waals surface area (Å²) >= 11 is 2.84. The number of thioether (sulfide) groups is 1. The smallest absolute Gasteiger partial charge is 0.355 e. The number of carboxylic acids is 1. The van der Waals surface area contributed by atoms with Crippen LogP contribution in [0.3, 0.4) is 0 Å². The van der Waals surface area contributed by atoms with Crippen molar-refractivity contribution in [2.24, 2.45) is 0 Å². The van der Waals surface area contributed by atoms with E-state index in [4.69, 9.17) is 5.11 Å². The van der Waals surface area contributed by atoms with E-state index in [1.807, 2.05) is 4.90 Å². The van der Waals surface area contributed by atoms with Crippen molar-refractivity contribution in [3.63, 3.8) is 0 Å². The number of nitrogens with zero attached hydrogens (tertiary/aromatic N) is 2. The summed E-state index contributed by atoms with van der Waals surface area (Å²) in [6, 6.07) is 6.67. The van der Waals surface area contributed by atoms with Crippen molar-refractivity contribution in [3.8, 4) is 0 Å². The minimum absolute atomic E-state index is 0.0802. The van der Waals surface area contributed by atoms with Crippen molar-refractivity contribution in [2.45, 2.75) is 62.8 Å². The molecule has 0 saturated carbocycles. The fourth-order valence-electron chi connectivity index (χ4n) is 3.94. The number of carboxylic acid groups (broad SMARTS) is 1. The minimum Gasteiger partial charge on any atom is -0.476 e. The monoisotopic (exact) mass is 461 g/mol. The number of thiazole rings is 1. The van der Waals surface area contributed by atoms with Gasteiger partial charge in [0.2, 0.25) is 5.91 Å². The number of anilines is 1. The van der Waals surface area contributed by atoms with Crippen LogP contribution in [0.2, 0.25) is 0 Å². The lowest BCUT2D eigenvalue weighted by Crippen LogP contribution is -2.39. The van der Waals surface area contributed by atoms with Gasteiger partial charge in [0, 0.05) is 42.4 Å². The SMILES string of the molecule is CC(C)c1cccc(C(C)C)c1NC[C@H]1CCC(=O)N1CCSc1nc(C(=O)O)cs1. The topological polar surface area (TPSA) is 82.5 Å². The van der Waals surface area contributed by atoms with Crippen molar-refractivity contribution < 1.29 is 14.7 Å². The highest BCUT2D eigenvalue weighted by molar-refractivity contribution is 8.01. The van der Waals surface area contributed by atoms with E-state index in [1.165, 1.54) is 39.9 Å². The Morgan fingerprint density at radius 1 is 1.29 bits per heavy atom. The molecule has 2 aromatic rings. The first-order valence-electron chi connectivity index (χ1n) is 10.8. The van der Waals surface area contributed by atoms with Gasteiger partial charge in [-0.25, -0.2) is 9.78 Å². The van der Waals surface area contributed by atoms with Crippen LogP contribution in [0.1, 0.15) is 74.0 Å². The molecular weight excluding hydrogens is 430 g/mol. The van der Waals surface area contributed by atoms with Gasteiger partial charge in [-0.1, -0.05) is 57.7 Å². The van der Waals surface area contributed by atoms with Gasteiger partial charge >= 0.3 is 5.97 Å². The Labute approximate surface area is 192 Å². The van der Waals surface area contributed by atoms with Gasteiger partial charge in [-0.15, -0.1) is 11.3 Å². The summed E-state index contributed by atoms with van der Waals surface area (Å²) in [7, 11) is 0. The lowest BCUT2D eigenvalue weighted by Gasteiger charge is -2.27. The third-order valence-corrected chi connectivity index (χ3v) is 7.60. The standard InChI is InChI=1S/C23H31N3O3S2/c1-14(2)17-6-5-7-18(15(3)4)21(17)24-12-16-8-9-20(27)26(16)10-11-30-23-25-19(13-31-23)22(28)29/h5-7,13-16,24H,8-12H2,1-4H3,(H,28,29)/t16-/m1/s1. The summed E-state index contributed by atoms with van der Waals surface area (Å²) in [6.07, 6.45) is 1.44. The molecule has 1 saturated heterocycles. The van der Waals surface area contributed by atoms with Gasteiger partial charge in [-0.3, -0.25) is 4.79 Å². The maximum Gasteiger partial charge on any atom is 0.355 e. The molecule has 8 heteroatoms. The van der Waals surface area contributed by atoms with Crippen LogP contribution >= 0.6 is 23.1 Å². The van der Waals surface area contributed by atoms with Crippen molar-refractivity contribution in [1.29, 1.82) is 0 Å². The van der Waals surface area contributed by atoms with Crippen LogP contribution in [0.15, 0.2) is 27.9 Å². The second-order valence-corrected chi connectivity index (χ2v) is 10.6. The first-order chi connectivity index (χ1) is 14.8. The normalized spacial score (nSPS) is 16.5. The molecule has 6 nitrogen and oxygen atoms in total. The Kier molecular flexibility index (Phi) is 8.00. The molecule has 1 amide bonds. The van der Waals surface area contributed by atoms with Crippen molar-refractivity contribution in [1.82, 2.24) is 9.88 Å². The Bertz CT molecular complexity index is 900. The molecule has 0 bridgehead atoms. The molecule has 0 radical (unpaired) electrons. The summed E-state index contributed by atoms with van der Waals surface area (Å²) in [5.41, 5.74) is 3.92. The summed E-state index contributed by atoms with van der Waals surface area (Å²) in [5, 5.41) is 14.2. The number of aromatic nitrogens is 1. The molecule has 2 heterocycles. The quantitative estimate of drug-likeness (QED) is 0.468. The van der Waals surface area contributed by atoms with Crippen molar-refractivity contribution in [2.75, 3.05) is 24.2 Å². The van der Waals surface area contributed by atoms with Crippen LogP contribution in [-0.4, -0.2) is 51.8 Å². The van der Waals surface area contributed by atoms with Crippen LogP contribution in [-0.2, 0) is 4.79 Å². The van der Waals surface area contributed by atoms with Gasteiger partial charge in [0.15, 0.2) is 10.0 Å². The molecule has 3 rings (SSSR count). The zero-order chi connectivity index (χ0) is 22.5. The van der Waals surface area contributed by atoms with Crippen LogP contribution in [0.25, 0.3) is 0 Å². The Morgan fingerprint density at radius 2 is 1.97 bits per heavy atom. The number of aromatic carboxylic acids is 1. The highest BCUT2D eigenvalue weighted by atomic mass is 32.2. The van der Waals surface area contributed by atoms with E-state index >= 15 is 0 Å². The number of para-hydroxylation sites is 1. The van der Waals surface area contributed by atoms with E-state index in [1.54, 1.807) is 5.38 Å². The highest BCUT2D eigenvalue weighted by Crippen LogP contribution is 2.33. The summed E-state index contributed by atoms with van der Waals surface area (Å²) < 4.78 is 0.728. The Balaban J connectivity index is 1.62. The van der Waals surface area contributed by atoms with E-state index in [2.05, 4.69) is 56.2 Å². The number of benzene rings is 1. The maximum atomic E-state index is 12.5. The third kappa shape index (κ3) is 5.80. The third-order valence-electron chi connectivity index (χ3n) is 5.60. The number of likely N-dealkylation sites (tertiary alicyclic amines) is 1. The van der Waals surface area contributed by atoms with Crippen LogP contribution < -0.4 is 5.32 Å². The Hall–Kier alpha value is -2.06. The second kappa shape index (κ2) is 10.5. The predicted molar refractivity (Wildman–Crippen MR) is 128 cm³/mol. The number of rotatable bonds is 10. The van der Waals surface area contributed by atoms with Crippen LogP contribution in [0, 0.1) is 0 Å². The Morgan fingerprint density at radius 3 is 2.55 bits per heavy atom. The largest absolute Gasteiger partial charge is 0.476 e. The average molecular weight is 462 g/mol. The van der Waals surface area contributed by atoms with Crippen molar-refractivity contribution >= 4 is 40.7 Å². The molecule has 0 spiro atoms. The molecule has 1 aromatic carbocycles. The molecule has 1 aliphatic heterocycles. The van der Waals surface area contributed by atoms with E-state index in [0.717, 1.165) is 17.3 Å². The summed E-state index contributed by atoms with van der Waals surface area (Å²) in [4.78, 5) is 29.5. The zero-order valence-corrected chi connectivity index (χ0v) is 20.2. The number of amides is 1. The van der Waals surface area contributed by atoms with Gasteiger partial charge in [0.1, 0.15) is 0 Å². The lowest BCUT2D eigenvalue weighted by molar-refractivity contribution is -0.128.